The number of aliphatic hydroxyl groups is 1. The van der Waals surface area contributed by atoms with Gasteiger partial charge in [0, 0.05) is 65.3 Å². The maximum atomic E-state index is 16.2. The molecule has 3 aliphatic heterocycles. The lowest BCUT2D eigenvalue weighted by Gasteiger charge is -2.41. The lowest BCUT2D eigenvalue weighted by molar-refractivity contribution is -0.187. The third kappa shape index (κ3) is 19.4. The molecule has 1 unspecified atom stereocenters. The summed E-state index contributed by atoms with van der Waals surface area (Å²) in [7, 11) is 5.48. The Kier molecular flexibility index (Phi) is 27.1. The number of esters is 3. The topological polar surface area (TPSA) is 289 Å². The zero-order valence-corrected chi connectivity index (χ0v) is 54.9. The number of hydrogen-bond donors (Lipinski definition) is 4. The van der Waals surface area contributed by atoms with E-state index in [1.165, 1.54) is 33.1 Å². The fourth-order valence-corrected chi connectivity index (χ4v) is 12.0. The first-order valence-electron chi connectivity index (χ1n) is 31.0. The molecule has 0 radical (unpaired) electrons. The summed E-state index contributed by atoms with van der Waals surface area (Å²) >= 11 is 6.83. The van der Waals surface area contributed by atoms with E-state index in [1.54, 1.807) is 58.9 Å². The molecule has 2 aromatic rings. The van der Waals surface area contributed by atoms with Crippen LogP contribution >= 0.6 is 11.6 Å². The van der Waals surface area contributed by atoms with Crippen molar-refractivity contribution in [2.45, 2.75) is 206 Å². The SMILES string of the molecule is CCC(CC)C(=O)OC(C)CCCCC(=O)C[C@H](C(=O)N[C@@H](CCCNC(N)=O)C(=O)Cc1cc(F)c(C(=O)N(C)[C@@H](C)C(=O)O[C@H]2CC(=O)N(C)c3cc(cc(OC)c3Cl)C/C(C)=C/C=C/[C@@H](OC)[C@]3(O)CC(=O)O[C@@H](C3)[C@@H](C)[C@@H]3O[C@@]23C)cc1F)C(C)C. The molecule has 0 aromatic heterocycles. The van der Waals surface area contributed by atoms with Gasteiger partial charge in [0.2, 0.25) is 11.8 Å². The highest BCUT2D eigenvalue weighted by molar-refractivity contribution is 6.35. The Balaban J connectivity index is 1.34. The van der Waals surface area contributed by atoms with Crippen molar-refractivity contribution in [2.75, 3.05) is 39.8 Å². The minimum absolute atomic E-state index is 0.0105. The van der Waals surface area contributed by atoms with Crippen molar-refractivity contribution in [2.24, 2.45) is 29.4 Å². The van der Waals surface area contributed by atoms with Gasteiger partial charge in [0.1, 0.15) is 63.7 Å². The molecule has 5 amide bonds. The molecule has 4 bridgehead atoms. The van der Waals surface area contributed by atoms with E-state index in [2.05, 4.69) is 10.6 Å². The average molecular weight is 1280 g/mol. The van der Waals surface area contributed by atoms with Crippen LogP contribution in [0.5, 0.6) is 5.75 Å². The van der Waals surface area contributed by atoms with E-state index in [9.17, 15) is 48.3 Å². The Morgan fingerprint density at radius 2 is 1.66 bits per heavy atom. The molecule has 2 fully saturated rings. The van der Waals surface area contributed by atoms with Gasteiger partial charge >= 0.3 is 23.9 Å². The second-order valence-corrected chi connectivity index (χ2v) is 25.2. The highest BCUT2D eigenvalue weighted by atomic mass is 35.5. The number of halogens is 3. The van der Waals surface area contributed by atoms with Crippen molar-refractivity contribution in [1.82, 2.24) is 15.5 Å². The van der Waals surface area contributed by atoms with Gasteiger partial charge in [-0.05, 0) is 120 Å². The fourth-order valence-electron chi connectivity index (χ4n) is 11.6. The number of nitrogens with one attached hydrogen (secondary N) is 2. The highest BCUT2D eigenvalue weighted by Crippen LogP contribution is 2.50. The number of hydrogen-bond acceptors (Lipinski definition) is 16. The summed E-state index contributed by atoms with van der Waals surface area (Å²) in [6, 6.07) is 1.05. The van der Waals surface area contributed by atoms with Crippen LogP contribution in [0, 0.1) is 35.3 Å². The number of likely N-dealkylation sites (N-methyl/N-ethyl adjacent to an activating group) is 1. The number of fused-ring (bicyclic) bond motifs is 5. The van der Waals surface area contributed by atoms with E-state index < -0.39 is 137 Å². The van der Waals surface area contributed by atoms with Gasteiger partial charge in [-0.25, -0.2) is 18.4 Å². The van der Waals surface area contributed by atoms with Crippen molar-refractivity contribution >= 4 is 70.5 Å². The van der Waals surface area contributed by atoms with Crippen LogP contribution in [0.1, 0.15) is 161 Å². The Morgan fingerprint density at radius 3 is 2.29 bits per heavy atom. The molecular formula is C66H92ClF2N5O16. The third-order valence-electron chi connectivity index (χ3n) is 17.7. The molecular weight excluding hydrogens is 1190 g/mol. The smallest absolute Gasteiger partial charge is 0.328 e. The maximum Gasteiger partial charge on any atom is 0.328 e. The molecule has 0 saturated carbocycles. The Morgan fingerprint density at radius 1 is 0.967 bits per heavy atom. The Bertz CT molecular complexity index is 3010. The lowest BCUT2D eigenvalue weighted by Crippen LogP contribution is -2.53. The number of carbonyl (C=O) groups excluding carboxylic acids is 9. The van der Waals surface area contributed by atoms with E-state index in [0.29, 0.717) is 56.2 Å². The first-order valence-corrected chi connectivity index (χ1v) is 31.3. The molecule has 21 nitrogen and oxygen atoms in total. The number of nitrogens with two attached hydrogens (primary N) is 1. The number of benzene rings is 2. The van der Waals surface area contributed by atoms with E-state index in [-0.39, 0.29) is 91.2 Å². The number of amides is 5. The second-order valence-electron chi connectivity index (χ2n) is 24.8. The van der Waals surface area contributed by atoms with E-state index in [1.807, 2.05) is 26.8 Å². The Labute approximate surface area is 531 Å². The van der Waals surface area contributed by atoms with Crippen LogP contribution in [-0.2, 0) is 70.1 Å². The summed E-state index contributed by atoms with van der Waals surface area (Å²) in [5.41, 5.74) is 2.65. The Hall–Kier alpha value is -6.82. The number of primary amides is 1. The van der Waals surface area contributed by atoms with Gasteiger partial charge in [-0.2, -0.15) is 0 Å². The summed E-state index contributed by atoms with van der Waals surface area (Å²) in [5, 5.41) is 17.3. The van der Waals surface area contributed by atoms with Gasteiger partial charge < -0.3 is 59.7 Å². The van der Waals surface area contributed by atoms with E-state index >= 15 is 8.78 Å². The number of epoxide rings is 1. The fraction of sp³-hybridized carbons (Fsp3) is 0.621. The van der Waals surface area contributed by atoms with Crippen molar-refractivity contribution in [3.05, 3.63) is 81.4 Å². The quantitative estimate of drug-likeness (QED) is 0.0282. The summed E-state index contributed by atoms with van der Waals surface area (Å²) in [6.07, 6.45) is 2.47. The molecule has 0 spiro atoms. The molecule has 2 aromatic carbocycles. The van der Waals surface area contributed by atoms with Crippen LogP contribution in [0.15, 0.2) is 48.1 Å². The maximum absolute atomic E-state index is 16.2. The molecule has 5 rings (SSSR count). The lowest BCUT2D eigenvalue weighted by atomic mass is 9.78. The van der Waals surface area contributed by atoms with E-state index in [0.717, 1.165) is 17.5 Å². The number of ether oxygens (including phenoxy) is 6. The predicted molar refractivity (Wildman–Crippen MR) is 331 cm³/mol. The molecule has 11 atom stereocenters. The van der Waals surface area contributed by atoms with Gasteiger partial charge in [0.15, 0.2) is 5.78 Å². The van der Waals surface area contributed by atoms with Crippen molar-refractivity contribution in [1.29, 1.82) is 0 Å². The van der Waals surface area contributed by atoms with Gasteiger partial charge in [-0.15, -0.1) is 0 Å². The molecule has 24 heteroatoms. The first kappa shape index (κ1) is 73.9. The number of rotatable bonds is 27. The number of unbranched alkanes of at least 4 members (excludes halogenated alkanes) is 1. The largest absolute Gasteiger partial charge is 0.495 e. The monoisotopic (exact) mass is 1280 g/mol. The van der Waals surface area contributed by atoms with Crippen molar-refractivity contribution in [3.63, 3.8) is 0 Å². The summed E-state index contributed by atoms with van der Waals surface area (Å²) in [5.74, 6) is -9.54. The number of nitrogens with zero attached hydrogens (tertiary/aromatic N) is 2. The van der Waals surface area contributed by atoms with Crippen LogP contribution in [0.25, 0.3) is 0 Å². The summed E-state index contributed by atoms with van der Waals surface area (Å²) < 4.78 is 67.6. The average Bonchev–Trinajstić information content (AvgIpc) is 1.57. The minimum atomic E-state index is -1.71. The van der Waals surface area contributed by atoms with Gasteiger partial charge in [0.05, 0.1) is 55.4 Å². The molecule has 90 heavy (non-hydrogen) atoms. The van der Waals surface area contributed by atoms with Crippen LogP contribution in [0.4, 0.5) is 19.3 Å². The minimum Gasteiger partial charge on any atom is -0.495 e. The number of ketones is 2. The zero-order valence-electron chi connectivity index (χ0n) is 54.2. The normalized spacial score (nSPS) is 24.2. The number of Topliss-reactive ketones (excluding diaryl/α,β-unsaturated/α-hetero) is 2. The molecule has 498 valence electrons. The second kappa shape index (κ2) is 33.0. The number of allylic oxidation sites excluding steroid dienone is 3. The van der Waals surface area contributed by atoms with Crippen LogP contribution < -0.4 is 26.0 Å². The zero-order chi connectivity index (χ0) is 67.1. The highest BCUT2D eigenvalue weighted by Gasteiger charge is 2.64. The number of methoxy groups -OCH3 is 2. The van der Waals surface area contributed by atoms with Crippen molar-refractivity contribution in [3.8, 4) is 5.75 Å². The number of carbonyl (C=O) groups is 9. The summed E-state index contributed by atoms with van der Waals surface area (Å²) in [6.45, 7) is 15.6. The van der Waals surface area contributed by atoms with E-state index in [4.69, 9.17) is 45.8 Å². The predicted octanol–water partition coefficient (Wildman–Crippen LogP) is 8.56. The standard InChI is InChI=1S/C66H92ClF2N5O16/c1-14-42(15-2)63(82)87-38(6)21-16-17-22-44(75)31-45(36(3)4)60(79)72-49(23-19-25-71-64(70)83)51(76)30-43-29-48(69)46(32-47(43)68)61(80)73(10)40(8)62(81)89-55-33-56(77)74(11)50-27-41(28-52(85-12)58(50)67)26-37(5)20-18-24-54(86-13)66(84)34-53(88-57(78)35-66)39(7)59-65(55,9)90-59/h18,20,24,27-29,32,36,38-40,42,45,49,53-55,59,84H,14-17,19,21-23,25-26,30-31,33-35H2,1-13H3,(H,72,79)(H3,70,71,83)/b24-18+,37-20+/t38?,39-,40+,45+,49+,53+,54-,55+,59+,65+,66-/m1/s1. The van der Waals surface area contributed by atoms with Crippen molar-refractivity contribution < 1.29 is 85.5 Å². The number of anilines is 1. The third-order valence-corrected chi connectivity index (χ3v) is 18.0. The van der Waals surface area contributed by atoms with Gasteiger partial charge in [0.25, 0.3) is 5.91 Å². The van der Waals surface area contributed by atoms with Gasteiger partial charge in [-0.3, -0.25) is 33.6 Å². The molecule has 3 aliphatic rings. The molecule has 3 heterocycles. The van der Waals surface area contributed by atoms with Crippen LogP contribution in [0.3, 0.4) is 0 Å². The number of urea groups is 1. The van der Waals surface area contributed by atoms with Gasteiger partial charge in [-0.1, -0.05) is 70.0 Å². The summed E-state index contributed by atoms with van der Waals surface area (Å²) in [4.78, 5) is 123. The first-order chi connectivity index (χ1) is 42.3. The van der Waals surface area contributed by atoms with Crippen LogP contribution in [-0.4, -0.2) is 152 Å². The molecule has 0 aliphatic carbocycles. The molecule has 5 N–H and O–H groups in total. The van der Waals surface area contributed by atoms with Crippen LogP contribution in [0.2, 0.25) is 5.02 Å². The molecule has 2 saturated heterocycles.